The number of rotatable bonds is 3. The van der Waals surface area contributed by atoms with Crippen molar-refractivity contribution in [1.82, 2.24) is 14.5 Å². The molecule has 0 radical (unpaired) electrons. The van der Waals surface area contributed by atoms with Gasteiger partial charge < -0.3 is 9.47 Å². The first kappa shape index (κ1) is 15.4. The highest BCUT2D eigenvalue weighted by atomic mass is 15.1. The highest BCUT2D eigenvalue weighted by Gasteiger charge is 2.24. The Balaban J connectivity index is 1.83. The summed E-state index contributed by atoms with van der Waals surface area (Å²) in [4.78, 5) is 6.59. The van der Waals surface area contributed by atoms with Crippen LogP contribution in [0.15, 0.2) is 42.7 Å². The van der Waals surface area contributed by atoms with Crippen LogP contribution in [0.4, 0.5) is 0 Å². The van der Waals surface area contributed by atoms with Crippen LogP contribution < -0.4 is 0 Å². The summed E-state index contributed by atoms with van der Waals surface area (Å²) >= 11 is 0. The van der Waals surface area contributed by atoms with Gasteiger partial charge in [0.25, 0.3) is 0 Å². The van der Waals surface area contributed by atoms with Gasteiger partial charge in [-0.3, -0.25) is 4.98 Å². The average molecular weight is 319 g/mol. The minimum absolute atomic E-state index is 0.479. The van der Waals surface area contributed by atoms with Crippen LogP contribution in [-0.2, 0) is 19.5 Å². The molecule has 24 heavy (non-hydrogen) atoms. The number of pyridine rings is 1. The predicted octanol–water partition coefficient (Wildman–Crippen LogP) is 4.14. The van der Waals surface area contributed by atoms with Crippen molar-refractivity contribution in [2.45, 2.75) is 39.3 Å². The molecule has 0 fully saturated rings. The van der Waals surface area contributed by atoms with Gasteiger partial charge in [-0.05, 0) is 48.7 Å². The summed E-state index contributed by atoms with van der Waals surface area (Å²) in [7, 11) is 2.22. The molecule has 0 amide bonds. The number of hydrogen-bond acceptors (Lipinski definition) is 2. The van der Waals surface area contributed by atoms with Gasteiger partial charge in [0, 0.05) is 49.5 Å². The molecule has 0 bridgehead atoms. The second kappa shape index (κ2) is 6.06. The molecule has 3 nitrogen and oxygen atoms in total. The Morgan fingerprint density at radius 1 is 1.17 bits per heavy atom. The Labute approximate surface area is 143 Å². The molecule has 3 heterocycles. The Morgan fingerprint density at radius 3 is 2.75 bits per heavy atom. The molecule has 0 spiro atoms. The van der Waals surface area contributed by atoms with Gasteiger partial charge in [-0.1, -0.05) is 25.1 Å². The van der Waals surface area contributed by atoms with Crippen molar-refractivity contribution in [3.8, 4) is 0 Å². The van der Waals surface area contributed by atoms with Crippen molar-refractivity contribution < 1.29 is 0 Å². The van der Waals surface area contributed by atoms with Gasteiger partial charge >= 0.3 is 0 Å². The molecule has 1 unspecified atom stereocenters. The minimum atomic E-state index is 0.479. The van der Waals surface area contributed by atoms with Gasteiger partial charge in [0.15, 0.2) is 0 Å². The van der Waals surface area contributed by atoms with Crippen molar-refractivity contribution in [1.29, 1.82) is 0 Å². The third kappa shape index (κ3) is 2.53. The molecule has 0 aliphatic carbocycles. The third-order valence-electron chi connectivity index (χ3n) is 5.40. The molecule has 124 valence electrons. The number of benzene rings is 1. The standard InChI is InChI=1S/C21H25N3/c1-15-5-4-6-18-19-14-23(3)12-9-20(19)24(21(15)18)13-16(2)17-7-10-22-11-8-17/h4-8,10-11,16H,9,12-14H2,1-3H3. The van der Waals surface area contributed by atoms with E-state index in [-0.39, 0.29) is 0 Å². The number of aryl methyl sites for hydroxylation is 1. The van der Waals surface area contributed by atoms with Gasteiger partial charge in [0.05, 0.1) is 5.52 Å². The van der Waals surface area contributed by atoms with E-state index in [1.807, 2.05) is 12.4 Å². The first-order valence-electron chi connectivity index (χ1n) is 8.83. The maximum absolute atomic E-state index is 4.16. The van der Waals surface area contributed by atoms with Gasteiger partial charge in [0.2, 0.25) is 0 Å². The highest BCUT2D eigenvalue weighted by Crippen LogP contribution is 2.34. The van der Waals surface area contributed by atoms with E-state index >= 15 is 0 Å². The van der Waals surface area contributed by atoms with Crippen LogP contribution in [0.2, 0.25) is 0 Å². The lowest BCUT2D eigenvalue weighted by Gasteiger charge is -2.25. The molecule has 3 heteroatoms. The molecule has 3 aromatic rings. The molecule has 1 aromatic carbocycles. The maximum atomic E-state index is 4.16. The minimum Gasteiger partial charge on any atom is -0.343 e. The SMILES string of the molecule is Cc1cccc2c3c(n(CC(C)c4ccncc4)c12)CCN(C)C3. The molecule has 0 N–H and O–H groups in total. The van der Waals surface area contributed by atoms with Crippen LogP contribution in [-0.4, -0.2) is 28.0 Å². The summed E-state index contributed by atoms with van der Waals surface area (Å²) in [5, 5.41) is 1.44. The van der Waals surface area contributed by atoms with E-state index in [0.29, 0.717) is 5.92 Å². The van der Waals surface area contributed by atoms with Crippen molar-refractivity contribution in [2.24, 2.45) is 0 Å². The van der Waals surface area contributed by atoms with Crippen LogP contribution in [0.25, 0.3) is 10.9 Å². The normalized spacial score (nSPS) is 16.3. The molecule has 1 atom stereocenters. The van der Waals surface area contributed by atoms with Gasteiger partial charge in [-0.25, -0.2) is 0 Å². The summed E-state index contributed by atoms with van der Waals surface area (Å²) in [6.07, 6.45) is 4.94. The molecule has 1 aliphatic heterocycles. The molecule has 1 aliphatic rings. The number of nitrogens with zero attached hydrogens (tertiary/aromatic N) is 3. The van der Waals surface area contributed by atoms with Crippen LogP contribution in [0, 0.1) is 6.92 Å². The number of aromatic nitrogens is 2. The first-order chi connectivity index (χ1) is 11.6. The van der Waals surface area contributed by atoms with E-state index in [1.165, 1.54) is 27.6 Å². The largest absolute Gasteiger partial charge is 0.343 e. The Kier molecular flexibility index (Phi) is 3.89. The fraction of sp³-hybridized carbons (Fsp3) is 0.381. The summed E-state index contributed by atoms with van der Waals surface area (Å²) in [6, 6.07) is 11.0. The fourth-order valence-electron chi connectivity index (χ4n) is 4.09. The lowest BCUT2D eigenvalue weighted by Crippen LogP contribution is -2.27. The molecule has 0 saturated carbocycles. The predicted molar refractivity (Wildman–Crippen MR) is 99.4 cm³/mol. The average Bonchev–Trinajstić information content (AvgIpc) is 2.90. The lowest BCUT2D eigenvalue weighted by atomic mass is 10.0. The first-order valence-corrected chi connectivity index (χ1v) is 8.83. The van der Waals surface area contributed by atoms with Crippen LogP contribution in [0.5, 0.6) is 0 Å². The number of para-hydroxylation sites is 1. The van der Waals surface area contributed by atoms with E-state index in [2.05, 4.69) is 65.7 Å². The van der Waals surface area contributed by atoms with Crippen molar-refractivity contribution in [3.63, 3.8) is 0 Å². The summed E-state index contributed by atoms with van der Waals surface area (Å²) in [5.74, 6) is 0.479. The quantitative estimate of drug-likeness (QED) is 0.723. The molecule has 0 saturated heterocycles. The fourth-order valence-corrected chi connectivity index (χ4v) is 4.09. The summed E-state index contributed by atoms with van der Waals surface area (Å²) < 4.78 is 2.60. The number of fused-ring (bicyclic) bond motifs is 3. The summed E-state index contributed by atoms with van der Waals surface area (Å²) in [6.45, 7) is 7.80. The Morgan fingerprint density at radius 2 is 1.96 bits per heavy atom. The molecule has 4 rings (SSSR count). The van der Waals surface area contributed by atoms with Crippen molar-refractivity contribution in [2.75, 3.05) is 13.6 Å². The Hall–Kier alpha value is -2.13. The zero-order valence-corrected chi connectivity index (χ0v) is 14.8. The van der Waals surface area contributed by atoms with Gasteiger partial charge in [0.1, 0.15) is 0 Å². The Bertz CT molecular complexity index is 864. The van der Waals surface area contributed by atoms with Crippen molar-refractivity contribution >= 4 is 10.9 Å². The van der Waals surface area contributed by atoms with Crippen LogP contribution in [0.1, 0.15) is 35.2 Å². The van der Waals surface area contributed by atoms with Gasteiger partial charge in [-0.15, -0.1) is 0 Å². The lowest BCUT2D eigenvalue weighted by molar-refractivity contribution is 0.308. The zero-order chi connectivity index (χ0) is 16.7. The van der Waals surface area contributed by atoms with Crippen molar-refractivity contribution in [3.05, 3.63) is 65.1 Å². The van der Waals surface area contributed by atoms with Crippen LogP contribution in [0.3, 0.4) is 0 Å². The summed E-state index contributed by atoms with van der Waals surface area (Å²) in [5.41, 5.74) is 7.25. The van der Waals surface area contributed by atoms with Gasteiger partial charge in [-0.2, -0.15) is 0 Å². The third-order valence-corrected chi connectivity index (χ3v) is 5.40. The van der Waals surface area contributed by atoms with E-state index in [1.54, 1.807) is 5.69 Å². The topological polar surface area (TPSA) is 21.1 Å². The number of hydrogen-bond donors (Lipinski definition) is 0. The van der Waals surface area contributed by atoms with E-state index in [9.17, 15) is 0 Å². The smallest absolute Gasteiger partial charge is 0.0515 e. The second-order valence-corrected chi connectivity index (χ2v) is 7.18. The van der Waals surface area contributed by atoms with Crippen LogP contribution >= 0.6 is 0 Å². The maximum Gasteiger partial charge on any atom is 0.0515 e. The molecular formula is C21H25N3. The second-order valence-electron chi connectivity index (χ2n) is 7.18. The zero-order valence-electron chi connectivity index (χ0n) is 14.8. The highest BCUT2D eigenvalue weighted by molar-refractivity contribution is 5.88. The molecule has 2 aromatic heterocycles. The number of likely N-dealkylation sites (N-methyl/N-ethyl adjacent to an activating group) is 1. The van der Waals surface area contributed by atoms with E-state index in [4.69, 9.17) is 0 Å². The van der Waals surface area contributed by atoms with E-state index < -0.39 is 0 Å². The monoisotopic (exact) mass is 319 g/mol. The molecular weight excluding hydrogens is 294 g/mol. The van der Waals surface area contributed by atoms with E-state index in [0.717, 1.165) is 26.1 Å².